The van der Waals surface area contributed by atoms with Crippen molar-refractivity contribution in [1.82, 2.24) is 30.2 Å². The number of hydrogen-bond acceptors (Lipinski definition) is 14. The molecule has 70 heavy (non-hydrogen) atoms. The minimum absolute atomic E-state index is 0.00841. The maximum absolute atomic E-state index is 12.8. The first-order valence-corrected chi connectivity index (χ1v) is 22.5. The number of aliphatic hydroxyl groups excluding tert-OH is 1. The molecule has 2 bridgehead atoms. The van der Waals surface area contributed by atoms with E-state index in [1.807, 2.05) is 26.0 Å². The van der Waals surface area contributed by atoms with E-state index in [-0.39, 0.29) is 35.5 Å². The zero-order valence-electron chi connectivity index (χ0n) is 37.7. The number of anilines is 4. The first-order valence-electron chi connectivity index (χ1n) is 22.1. The molecule has 0 saturated carbocycles. The molecular weight excluding hydrogens is 950 g/mol. The molecule has 4 aromatic carbocycles. The summed E-state index contributed by atoms with van der Waals surface area (Å²) < 4.78 is 89.4. The molecule has 2 unspecified atom stereocenters. The largest absolute Gasteiger partial charge is 0.573 e. The molecule has 0 radical (unpaired) electrons. The molecular formula is C47H47ClF6N10O6. The number of ether oxygens (including phenoxy) is 3. The number of fused-ring (bicyclic) bond motifs is 4. The number of nitrogens with zero attached hydrogens (tertiary/aromatic N) is 7. The van der Waals surface area contributed by atoms with Crippen molar-refractivity contribution in [2.45, 2.75) is 44.9 Å². The maximum atomic E-state index is 12.8. The van der Waals surface area contributed by atoms with Gasteiger partial charge in [-0.15, -0.1) is 13.2 Å². The number of alkyl halides is 6. The molecule has 3 fully saturated rings. The summed E-state index contributed by atoms with van der Waals surface area (Å²) in [4.78, 5) is 50.0. The second-order valence-electron chi connectivity index (χ2n) is 16.7. The van der Waals surface area contributed by atoms with Crippen LogP contribution in [0.15, 0.2) is 78.9 Å². The van der Waals surface area contributed by atoms with E-state index in [0.717, 1.165) is 115 Å². The molecule has 16 nitrogen and oxygen atoms in total. The Bertz CT molecular complexity index is 2850. The first kappa shape index (κ1) is 49.7. The molecule has 2 amide bonds. The number of carbonyl (C=O) groups is 2. The van der Waals surface area contributed by atoms with Gasteiger partial charge in [0.1, 0.15) is 17.2 Å². The smallest absolute Gasteiger partial charge is 0.484 e. The topological polar surface area (TPSA) is 179 Å². The monoisotopic (exact) mass is 996 g/mol. The van der Waals surface area contributed by atoms with E-state index in [1.165, 1.54) is 12.1 Å². The Hall–Kier alpha value is -6.75. The molecule has 4 N–H and O–H groups in total. The van der Waals surface area contributed by atoms with Crippen LogP contribution in [-0.2, 0) is 15.8 Å². The van der Waals surface area contributed by atoms with Crippen molar-refractivity contribution in [3.8, 4) is 17.2 Å². The van der Waals surface area contributed by atoms with Crippen LogP contribution in [0.3, 0.4) is 0 Å². The summed E-state index contributed by atoms with van der Waals surface area (Å²) in [6, 6.07) is 19.1. The predicted octanol–water partition coefficient (Wildman–Crippen LogP) is 7.15. The lowest BCUT2D eigenvalue weighted by molar-refractivity contribution is -0.274. The zero-order valence-corrected chi connectivity index (χ0v) is 38.5. The summed E-state index contributed by atoms with van der Waals surface area (Å²) in [5.41, 5.74) is 3.31. The van der Waals surface area contributed by atoms with Crippen LogP contribution in [0.1, 0.15) is 23.4 Å². The lowest BCUT2D eigenvalue weighted by Gasteiger charge is -2.34. The molecule has 23 heteroatoms. The molecule has 3 aliphatic rings. The second-order valence-corrected chi connectivity index (χ2v) is 17.1. The third-order valence-corrected chi connectivity index (χ3v) is 12.0. The van der Waals surface area contributed by atoms with Crippen molar-refractivity contribution >= 4 is 68.5 Å². The lowest BCUT2D eigenvalue weighted by Crippen LogP contribution is -2.47. The Kier molecular flexibility index (Phi) is 15.0. The highest BCUT2D eigenvalue weighted by molar-refractivity contribution is 6.32. The molecule has 0 spiro atoms. The zero-order chi connectivity index (χ0) is 49.7. The molecule has 6 aromatic rings. The summed E-state index contributed by atoms with van der Waals surface area (Å²) >= 11 is 5.86. The van der Waals surface area contributed by atoms with Gasteiger partial charge in [0, 0.05) is 80.0 Å². The van der Waals surface area contributed by atoms with Crippen LogP contribution in [0, 0.1) is 13.8 Å². The van der Waals surface area contributed by atoms with E-state index in [4.69, 9.17) is 31.2 Å². The fraction of sp³-hybridized carbons (Fsp3) is 0.362. The summed E-state index contributed by atoms with van der Waals surface area (Å²) in [5.74, 6) is 0.309. The van der Waals surface area contributed by atoms with Crippen molar-refractivity contribution < 1.29 is 55.2 Å². The quantitative estimate of drug-likeness (QED) is 0.0858. The molecule has 2 atom stereocenters. The number of halogens is 7. The fourth-order valence-corrected chi connectivity index (χ4v) is 8.53. The van der Waals surface area contributed by atoms with E-state index in [0.29, 0.717) is 36.0 Å². The summed E-state index contributed by atoms with van der Waals surface area (Å²) in [5, 5.41) is 19.4. The Morgan fingerprint density at radius 1 is 0.757 bits per heavy atom. The van der Waals surface area contributed by atoms with Crippen LogP contribution >= 0.6 is 11.6 Å². The number of rotatable bonds is 13. The first-order chi connectivity index (χ1) is 33.4. The number of aryl methyl sites for hydroxylation is 2. The minimum Gasteiger partial charge on any atom is -0.484 e. The van der Waals surface area contributed by atoms with Gasteiger partial charge in [0.25, 0.3) is 11.8 Å². The number of aromatic nitrogens is 4. The number of hydrogen-bond donors (Lipinski definition) is 4. The van der Waals surface area contributed by atoms with Gasteiger partial charge in [0.05, 0.1) is 39.6 Å². The van der Waals surface area contributed by atoms with Gasteiger partial charge in [0.2, 0.25) is 11.9 Å². The van der Waals surface area contributed by atoms with Gasteiger partial charge in [0.15, 0.2) is 13.2 Å². The van der Waals surface area contributed by atoms with Crippen LogP contribution in [0.5, 0.6) is 17.2 Å². The van der Waals surface area contributed by atoms with Gasteiger partial charge < -0.3 is 45.1 Å². The average molecular weight is 997 g/mol. The SMILES string of the molecule is Cc1nc(N2CC3CC2CN3)nc2ccc(NC(=O)COc3ccc(C(F)(F)F)cc3Cl)cc12.Cc1nc(N2CCN(CCO)CC2)nc2ccc(NC(=O)COc3ccc(OC(F)(F)F)cc3)cc12. The van der Waals surface area contributed by atoms with Crippen molar-refractivity contribution in [2.75, 3.05) is 86.1 Å². The highest BCUT2D eigenvalue weighted by atomic mass is 35.5. The van der Waals surface area contributed by atoms with Gasteiger partial charge in [-0.3, -0.25) is 14.5 Å². The highest BCUT2D eigenvalue weighted by Crippen LogP contribution is 2.35. The summed E-state index contributed by atoms with van der Waals surface area (Å²) in [6.45, 7) is 8.91. The number of piperazine rings is 2. The summed E-state index contributed by atoms with van der Waals surface area (Å²) in [7, 11) is 0. The van der Waals surface area contributed by atoms with E-state index < -0.39 is 36.5 Å². The van der Waals surface area contributed by atoms with Gasteiger partial charge in [-0.05, 0) is 99.1 Å². The number of benzene rings is 4. The molecule has 9 rings (SSSR count). The van der Waals surface area contributed by atoms with Gasteiger partial charge >= 0.3 is 12.5 Å². The molecule has 5 heterocycles. The Morgan fingerprint density at radius 3 is 1.89 bits per heavy atom. The van der Waals surface area contributed by atoms with E-state index in [9.17, 15) is 35.9 Å². The van der Waals surface area contributed by atoms with Crippen molar-refractivity contribution in [2.24, 2.45) is 0 Å². The Morgan fingerprint density at radius 2 is 1.34 bits per heavy atom. The third kappa shape index (κ3) is 12.5. The van der Waals surface area contributed by atoms with E-state index >= 15 is 0 Å². The van der Waals surface area contributed by atoms with Crippen LogP contribution < -0.4 is 40.0 Å². The van der Waals surface area contributed by atoms with Crippen LogP contribution in [0.2, 0.25) is 5.02 Å². The predicted molar refractivity (Wildman–Crippen MR) is 250 cm³/mol. The Balaban J connectivity index is 0.000000188. The standard InChI is InChI=1S/C24H26F3N5O4.C23H21ClF3N5O2/c1-16-20-14-17(29-22(34)15-35-18-3-5-19(6-4-18)36-24(25,26)27)2-7-21(20)30-23(28-16)32-10-8-31(9-11-32)12-13-33;1-12-17-8-14(3-4-19(17)31-22(29-12)32-10-15-7-16(32)9-28-15)30-21(33)11-34-20-5-2-13(6-18(20)24)23(25,26)27/h2-7,14,33H,8-13,15H2,1H3,(H,29,34);2-6,8,15-16,28H,7,9-11H2,1H3,(H,30,33). The Labute approximate surface area is 401 Å². The number of amides is 2. The van der Waals surface area contributed by atoms with Crippen LogP contribution in [0.25, 0.3) is 21.8 Å². The fourth-order valence-electron chi connectivity index (χ4n) is 8.29. The second kappa shape index (κ2) is 21.1. The molecule has 370 valence electrons. The molecule has 3 saturated heterocycles. The normalized spacial score (nSPS) is 17.1. The van der Waals surface area contributed by atoms with Crippen molar-refractivity contribution in [3.63, 3.8) is 0 Å². The highest BCUT2D eigenvalue weighted by Gasteiger charge is 2.39. The number of β-amino-alcohol motifs (C(OH)–C–C–N with tert-alkyl or cyclic N) is 1. The average Bonchev–Trinajstić information content (AvgIpc) is 3.96. The van der Waals surface area contributed by atoms with Gasteiger partial charge in [-0.2, -0.15) is 13.2 Å². The van der Waals surface area contributed by atoms with Crippen LogP contribution in [-0.4, -0.2) is 126 Å². The minimum atomic E-state index is -4.77. The van der Waals surface area contributed by atoms with Crippen molar-refractivity contribution in [3.05, 3.63) is 101 Å². The maximum Gasteiger partial charge on any atom is 0.573 e. The number of aliphatic hydroxyl groups is 1. The molecule has 3 aliphatic heterocycles. The lowest BCUT2D eigenvalue weighted by atomic mass is 10.1. The van der Waals surface area contributed by atoms with E-state index in [2.05, 4.69) is 50.3 Å². The third-order valence-electron chi connectivity index (χ3n) is 11.7. The van der Waals surface area contributed by atoms with Crippen molar-refractivity contribution in [1.29, 1.82) is 0 Å². The summed E-state index contributed by atoms with van der Waals surface area (Å²) in [6.07, 6.45) is -8.18. The van der Waals surface area contributed by atoms with Gasteiger partial charge in [-0.1, -0.05) is 11.6 Å². The molecule has 2 aromatic heterocycles. The number of nitrogens with one attached hydrogen (secondary N) is 3. The molecule has 0 aliphatic carbocycles. The van der Waals surface area contributed by atoms with E-state index in [1.54, 1.807) is 24.3 Å². The van der Waals surface area contributed by atoms with Gasteiger partial charge in [-0.25, -0.2) is 19.9 Å². The number of carbonyl (C=O) groups excluding carboxylic acids is 2. The van der Waals surface area contributed by atoms with Crippen LogP contribution in [0.4, 0.5) is 49.6 Å².